The summed E-state index contributed by atoms with van der Waals surface area (Å²) in [5.41, 5.74) is 0.501. The van der Waals surface area contributed by atoms with E-state index in [9.17, 15) is 8.78 Å². The van der Waals surface area contributed by atoms with Gasteiger partial charge in [0.15, 0.2) is 5.96 Å². The van der Waals surface area contributed by atoms with Crippen molar-refractivity contribution in [3.05, 3.63) is 35.4 Å². The van der Waals surface area contributed by atoms with Crippen LogP contribution in [-0.4, -0.2) is 26.1 Å². The van der Waals surface area contributed by atoms with E-state index < -0.39 is 11.6 Å². The van der Waals surface area contributed by atoms with Crippen LogP contribution in [0.3, 0.4) is 0 Å². The van der Waals surface area contributed by atoms with Crippen LogP contribution in [0.1, 0.15) is 38.7 Å². The Kier molecular flexibility index (Phi) is 10.3. The molecule has 1 unspecified atom stereocenters. The lowest BCUT2D eigenvalue weighted by molar-refractivity contribution is 0.553. The molecule has 0 heterocycles. The lowest BCUT2D eigenvalue weighted by Crippen LogP contribution is -2.39. The monoisotopic (exact) mass is 425 g/mol. The van der Waals surface area contributed by atoms with E-state index in [0.717, 1.165) is 19.0 Å². The molecular formula is C16H26F2IN3. The molecule has 22 heavy (non-hydrogen) atoms. The Balaban J connectivity index is 0.00000441. The van der Waals surface area contributed by atoms with Gasteiger partial charge in [-0.05, 0) is 24.0 Å². The number of halogens is 3. The summed E-state index contributed by atoms with van der Waals surface area (Å²) in [5.74, 6) is 0.191. The van der Waals surface area contributed by atoms with Crippen LogP contribution >= 0.6 is 24.0 Å². The second-order valence-corrected chi connectivity index (χ2v) is 5.63. The van der Waals surface area contributed by atoms with Crippen LogP contribution in [0.2, 0.25) is 0 Å². The summed E-state index contributed by atoms with van der Waals surface area (Å²) in [5, 5.41) is 6.38. The summed E-state index contributed by atoms with van der Waals surface area (Å²) >= 11 is 0. The Hall–Kier alpha value is -0.920. The van der Waals surface area contributed by atoms with Crippen molar-refractivity contribution in [3.8, 4) is 0 Å². The molecular weight excluding hydrogens is 399 g/mol. The largest absolute Gasteiger partial charge is 0.356 e. The molecule has 2 N–H and O–H groups in total. The maximum Gasteiger partial charge on any atom is 0.190 e. The molecule has 3 nitrogen and oxygen atoms in total. The fraction of sp³-hybridized carbons (Fsp3) is 0.562. The molecule has 0 aromatic heterocycles. The van der Waals surface area contributed by atoms with Crippen LogP contribution in [-0.2, 0) is 0 Å². The number of aliphatic imine (C=N–C) groups is 1. The predicted octanol–water partition coefficient (Wildman–Crippen LogP) is 3.90. The molecule has 0 amide bonds. The second-order valence-electron chi connectivity index (χ2n) is 5.63. The van der Waals surface area contributed by atoms with Gasteiger partial charge < -0.3 is 10.6 Å². The maximum atomic E-state index is 13.7. The Morgan fingerprint density at radius 3 is 2.41 bits per heavy atom. The lowest BCUT2D eigenvalue weighted by atomic mass is 10.0. The summed E-state index contributed by atoms with van der Waals surface area (Å²) in [7, 11) is 1.70. The van der Waals surface area contributed by atoms with Crippen LogP contribution in [0.5, 0.6) is 0 Å². The molecule has 0 spiro atoms. The molecule has 1 rings (SSSR count). The first kappa shape index (κ1) is 21.1. The number of nitrogens with one attached hydrogen (secondary N) is 2. The number of nitrogens with zero attached hydrogens (tertiary/aromatic N) is 1. The van der Waals surface area contributed by atoms with Crippen molar-refractivity contribution in [2.45, 2.75) is 33.1 Å². The smallest absolute Gasteiger partial charge is 0.190 e. The van der Waals surface area contributed by atoms with Gasteiger partial charge >= 0.3 is 0 Å². The fourth-order valence-corrected chi connectivity index (χ4v) is 1.96. The van der Waals surface area contributed by atoms with E-state index >= 15 is 0 Å². The minimum atomic E-state index is -0.553. The zero-order chi connectivity index (χ0) is 15.8. The van der Waals surface area contributed by atoms with Crippen LogP contribution in [0.4, 0.5) is 8.78 Å². The van der Waals surface area contributed by atoms with Gasteiger partial charge in [0, 0.05) is 32.1 Å². The summed E-state index contributed by atoms with van der Waals surface area (Å²) in [6, 6.07) is 3.69. The second kappa shape index (κ2) is 10.7. The van der Waals surface area contributed by atoms with E-state index in [-0.39, 0.29) is 29.9 Å². The zero-order valence-corrected chi connectivity index (χ0v) is 15.9. The van der Waals surface area contributed by atoms with Crippen LogP contribution in [0.15, 0.2) is 23.2 Å². The van der Waals surface area contributed by atoms with Crippen molar-refractivity contribution < 1.29 is 8.78 Å². The van der Waals surface area contributed by atoms with Crippen LogP contribution in [0.25, 0.3) is 0 Å². The van der Waals surface area contributed by atoms with E-state index in [1.165, 1.54) is 12.1 Å². The summed E-state index contributed by atoms with van der Waals surface area (Å²) in [6.45, 7) is 7.60. The quantitative estimate of drug-likeness (QED) is 0.412. The van der Waals surface area contributed by atoms with Gasteiger partial charge in [0.1, 0.15) is 11.6 Å². The molecule has 1 atom stereocenters. The van der Waals surface area contributed by atoms with E-state index in [4.69, 9.17) is 0 Å². The molecule has 1 aromatic carbocycles. The van der Waals surface area contributed by atoms with Crippen molar-refractivity contribution >= 4 is 29.9 Å². The molecule has 0 fully saturated rings. The molecule has 1 aromatic rings. The fourth-order valence-electron chi connectivity index (χ4n) is 1.96. The summed E-state index contributed by atoms with van der Waals surface area (Å²) < 4.78 is 26.6. The predicted molar refractivity (Wildman–Crippen MR) is 99.0 cm³/mol. The highest BCUT2D eigenvalue weighted by atomic mass is 127. The van der Waals surface area contributed by atoms with E-state index in [2.05, 4.69) is 29.5 Å². The molecule has 6 heteroatoms. The number of guanidine groups is 1. The molecule has 0 radical (unpaired) electrons. The molecule has 0 aliphatic heterocycles. The average molecular weight is 425 g/mol. The SMILES string of the molecule is CN=C(NCCC(C)C)NCC(C)c1ccc(F)cc1F.I. The Morgan fingerprint density at radius 1 is 1.18 bits per heavy atom. The third-order valence-corrected chi connectivity index (χ3v) is 3.31. The Labute approximate surface area is 149 Å². The number of hydrogen-bond acceptors (Lipinski definition) is 1. The zero-order valence-electron chi connectivity index (χ0n) is 13.6. The van der Waals surface area contributed by atoms with E-state index in [1.54, 1.807) is 7.05 Å². The van der Waals surface area contributed by atoms with Crippen LogP contribution in [0, 0.1) is 17.6 Å². The van der Waals surface area contributed by atoms with E-state index in [0.29, 0.717) is 24.0 Å². The van der Waals surface area contributed by atoms with Gasteiger partial charge in [-0.2, -0.15) is 0 Å². The van der Waals surface area contributed by atoms with Gasteiger partial charge in [-0.3, -0.25) is 4.99 Å². The van der Waals surface area contributed by atoms with Gasteiger partial charge in [-0.25, -0.2) is 8.78 Å². The van der Waals surface area contributed by atoms with Gasteiger partial charge in [-0.1, -0.05) is 26.8 Å². The molecule has 0 saturated carbocycles. The lowest BCUT2D eigenvalue weighted by Gasteiger charge is -2.17. The number of hydrogen-bond donors (Lipinski definition) is 2. The topological polar surface area (TPSA) is 36.4 Å². The molecule has 126 valence electrons. The van der Waals surface area contributed by atoms with Crippen molar-refractivity contribution in [2.75, 3.05) is 20.1 Å². The van der Waals surface area contributed by atoms with Gasteiger partial charge in [0.2, 0.25) is 0 Å². The molecule has 0 aliphatic rings. The molecule has 0 bridgehead atoms. The first-order valence-electron chi connectivity index (χ1n) is 7.33. The van der Waals surface area contributed by atoms with Crippen LogP contribution < -0.4 is 10.6 Å². The highest BCUT2D eigenvalue weighted by molar-refractivity contribution is 14.0. The summed E-state index contributed by atoms with van der Waals surface area (Å²) in [6.07, 6.45) is 1.06. The van der Waals surface area contributed by atoms with Gasteiger partial charge in [0.25, 0.3) is 0 Å². The number of benzene rings is 1. The Morgan fingerprint density at radius 2 is 1.86 bits per heavy atom. The Bertz CT molecular complexity index is 478. The van der Waals surface area contributed by atoms with E-state index in [1.807, 2.05) is 6.92 Å². The number of rotatable bonds is 6. The van der Waals surface area contributed by atoms with Gasteiger partial charge in [-0.15, -0.1) is 24.0 Å². The highest BCUT2D eigenvalue weighted by Gasteiger charge is 2.12. The minimum Gasteiger partial charge on any atom is -0.356 e. The van der Waals surface area contributed by atoms with Crippen molar-refractivity contribution in [1.82, 2.24) is 10.6 Å². The van der Waals surface area contributed by atoms with Gasteiger partial charge in [0.05, 0.1) is 0 Å². The first-order valence-corrected chi connectivity index (χ1v) is 7.33. The normalized spacial score (nSPS) is 12.8. The average Bonchev–Trinajstić information content (AvgIpc) is 2.41. The van der Waals surface area contributed by atoms with Crippen molar-refractivity contribution in [3.63, 3.8) is 0 Å². The third kappa shape index (κ3) is 7.38. The standard InChI is InChI=1S/C16H25F2N3.HI/c1-11(2)7-8-20-16(19-4)21-10-12(3)14-6-5-13(17)9-15(14)18;/h5-6,9,11-12H,7-8,10H2,1-4H3,(H2,19,20,21);1H. The van der Waals surface area contributed by atoms with Crippen molar-refractivity contribution in [1.29, 1.82) is 0 Å². The third-order valence-electron chi connectivity index (χ3n) is 3.31. The van der Waals surface area contributed by atoms with Crippen molar-refractivity contribution in [2.24, 2.45) is 10.9 Å². The first-order chi connectivity index (χ1) is 9.93. The summed E-state index contributed by atoms with van der Waals surface area (Å²) in [4.78, 5) is 4.13. The molecule has 0 aliphatic carbocycles. The minimum absolute atomic E-state index is 0. The highest BCUT2D eigenvalue weighted by Crippen LogP contribution is 2.19. The molecule has 0 saturated heterocycles. The maximum absolute atomic E-state index is 13.7.